The van der Waals surface area contributed by atoms with Gasteiger partial charge in [0.15, 0.2) is 5.78 Å². The van der Waals surface area contributed by atoms with Gasteiger partial charge in [-0.15, -0.1) is 11.3 Å². The van der Waals surface area contributed by atoms with Gasteiger partial charge in [0.25, 0.3) is 0 Å². The predicted molar refractivity (Wildman–Crippen MR) is 55.3 cm³/mol. The van der Waals surface area contributed by atoms with Crippen molar-refractivity contribution in [2.24, 2.45) is 0 Å². The zero-order valence-corrected chi connectivity index (χ0v) is 8.41. The molecule has 0 radical (unpaired) electrons. The zero-order valence-electron chi connectivity index (χ0n) is 7.60. The third-order valence-electron chi connectivity index (χ3n) is 1.76. The molecule has 0 unspecified atom stereocenters. The molecule has 2 aromatic heterocycles. The van der Waals surface area contributed by atoms with Gasteiger partial charge in [-0.05, 0) is 12.1 Å². The lowest BCUT2D eigenvalue weighted by molar-refractivity contribution is 0.102. The van der Waals surface area contributed by atoms with Crippen LogP contribution < -0.4 is 0 Å². The Morgan fingerprint density at radius 2 is 2.29 bits per heavy atom. The molecule has 3 nitrogen and oxygen atoms in total. The number of carbonyl (C=O) groups excluding carboxylic acids is 1. The van der Waals surface area contributed by atoms with Gasteiger partial charge in [-0.2, -0.15) is 0 Å². The van der Waals surface area contributed by atoms with E-state index < -0.39 is 0 Å². The topological polar surface area (TPSA) is 42.9 Å². The van der Waals surface area contributed by atoms with Crippen LogP contribution in [-0.4, -0.2) is 15.8 Å². The minimum Gasteiger partial charge on any atom is -0.294 e. The fourth-order valence-corrected chi connectivity index (χ4v) is 1.86. The highest BCUT2D eigenvalue weighted by molar-refractivity contribution is 7.16. The van der Waals surface area contributed by atoms with Gasteiger partial charge in [0, 0.05) is 31.1 Å². The highest BCUT2D eigenvalue weighted by Gasteiger charge is 2.07. The Balaban J connectivity index is 2.39. The van der Waals surface area contributed by atoms with E-state index in [0.717, 1.165) is 10.6 Å². The van der Waals surface area contributed by atoms with Crippen molar-refractivity contribution < 1.29 is 4.79 Å². The van der Waals surface area contributed by atoms with E-state index in [9.17, 15) is 4.79 Å². The van der Waals surface area contributed by atoms with E-state index in [2.05, 4.69) is 9.97 Å². The Hall–Kier alpha value is -1.55. The minimum absolute atomic E-state index is 0.0534. The van der Waals surface area contributed by atoms with Gasteiger partial charge in [0.1, 0.15) is 5.01 Å². The molecule has 0 amide bonds. The van der Waals surface area contributed by atoms with E-state index in [1.807, 2.05) is 12.1 Å². The summed E-state index contributed by atoms with van der Waals surface area (Å²) in [6.45, 7) is 1.54. The fraction of sp³-hybridized carbons (Fsp3) is 0.100. The first-order valence-electron chi connectivity index (χ1n) is 4.14. The maximum atomic E-state index is 11.0. The first-order valence-corrected chi connectivity index (χ1v) is 4.96. The summed E-state index contributed by atoms with van der Waals surface area (Å²) in [4.78, 5) is 19.9. The van der Waals surface area contributed by atoms with Crippen LogP contribution in [0.25, 0.3) is 10.6 Å². The molecule has 0 aliphatic carbocycles. The largest absolute Gasteiger partial charge is 0.294 e. The van der Waals surface area contributed by atoms with E-state index in [1.165, 1.54) is 11.3 Å². The molecule has 2 rings (SSSR count). The van der Waals surface area contributed by atoms with Crippen molar-refractivity contribution in [1.29, 1.82) is 0 Å². The molecular weight excluding hydrogens is 196 g/mol. The van der Waals surface area contributed by atoms with Crippen LogP contribution >= 0.6 is 11.3 Å². The maximum absolute atomic E-state index is 11.0. The highest BCUT2D eigenvalue weighted by Crippen LogP contribution is 2.24. The molecule has 4 heteroatoms. The number of hydrogen-bond donors (Lipinski definition) is 0. The van der Waals surface area contributed by atoms with Crippen LogP contribution in [0.15, 0.2) is 30.7 Å². The summed E-state index contributed by atoms with van der Waals surface area (Å²) in [5, 5.41) is 0.836. The Bertz CT molecular complexity index is 450. The standard InChI is InChI=1S/C10H8N2OS/c1-7(13)9-6-12-10(14-9)8-3-2-4-11-5-8/h2-6H,1H3. The average Bonchev–Trinajstić information content (AvgIpc) is 2.68. The lowest BCUT2D eigenvalue weighted by Crippen LogP contribution is -1.83. The van der Waals surface area contributed by atoms with Crippen molar-refractivity contribution in [3.05, 3.63) is 35.6 Å². The molecule has 0 N–H and O–H groups in total. The van der Waals surface area contributed by atoms with E-state index in [0.29, 0.717) is 4.88 Å². The summed E-state index contributed by atoms with van der Waals surface area (Å²) in [6, 6.07) is 3.78. The number of nitrogens with zero attached hydrogens (tertiary/aromatic N) is 2. The Labute approximate surface area is 85.5 Å². The quantitative estimate of drug-likeness (QED) is 0.705. The van der Waals surface area contributed by atoms with Crippen LogP contribution in [0, 0.1) is 0 Å². The van der Waals surface area contributed by atoms with Crippen LogP contribution in [0.4, 0.5) is 0 Å². The van der Waals surface area contributed by atoms with Crippen molar-refractivity contribution in [2.75, 3.05) is 0 Å². The smallest absolute Gasteiger partial charge is 0.171 e. The zero-order chi connectivity index (χ0) is 9.97. The van der Waals surface area contributed by atoms with Gasteiger partial charge in [-0.25, -0.2) is 4.98 Å². The van der Waals surface area contributed by atoms with Crippen molar-refractivity contribution in [2.45, 2.75) is 6.92 Å². The molecule has 2 aromatic rings. The summed E-state index contributed by atoms with van der Waals surface area (Å²) < 4.78 is 0. The first-order chi connectivity index (χ1) is 6.77. The van der Waals surface area contributed by atoms with Crippen LogP contribution in [-0.2, 0) is 0 Å². The summed E-state index contributed by atoms with van der Waals surface area (Å²) in [6.07, 6.45) is 5.06. The lowest BCUT2D eigenvalue weighted by atomic mass is 10.3. The van der Waals surface area contributed by atoms with Gasteiger partial charge < -0.3 is 0 Å². The van der Waals surface area contributed by atoms with Crippen LogP contribution in [0.5, 0.6) is 0 Å². The molecule has 0 aliphatic rings. The van der Waals surface area contributed by atoms with Crippen molar-refractivity contribution >= 4 is 17.1 Å². The molecule has 70 valence electrons. The molecule has 2 heterocycles. The predicted octanol–water partition coefficient (Wildman–Crippen LogP) is 2.41. The molecule has 0 bridgehead atoms. The fourth-order valence-electron chi connectivity index (χ4n) is 1.06. The summed E-state index contributed by atoms with van der Waals surface area (Å²) >= 11 is 1.39. The van der Waals surface area contributed by atoms with Crippen molar-refractivity contribution in [3.63, 3.8) is 0 Å². The van der Waals surface area contributed by atoms with Crippen molar-refractivity contribution in [3.8, 4) is 10.6 Å². The summed E-state index contributed by atoms with van der Waals surface area (Å²) in [7, 11) is 0. The monoisotopic (exact) mass is 204 g/mol. The Kier molecular flexibility index (Phi) is 2.37. The molecular formula is C10H8N2OS. The third kappa shape index (κ3) is 1.70. The van der Waals surface area contributed by atoms with Crippen LogP contribution in [0.1, 0.15) is 16.6 Å². The van der Waals surface area contributed by atoms with Gasteiger partial charge in [-0.1, -0.05) is 0 Å². The van der Waals surface area contributed by atoms with Gasteiger partial charge in [-0.3, -0.25) is 9.78 Å². The van der Waals surface area contributed by atoms with Crippen LogP contribution in [0.2, 0.25) is 0 Å². The second-order valence-electron chi connectivity index (χ2n) is 2.83. The van der Waals surface area contributed by atoms with Crippen LogP contribution in [0.3, 0.4) is 0 Å². The molecule has 0 saturated heterocycles. The van der Waals surface area contributed by atoms with E-state index in [-0.39, 0.29) is 5.78 Å². The lowest BCUT2D eigenvalue weighted by Gasteiger charge is -1.91. The number of rotatable bonds is 2. The second-order valence-corrected chi connectivity index (χ2v) is 3.86. The summed E-state index contributed by atoms with van der Waals surface area (Å²) in [5.41, 5.74) is 0.949. The number of carbonyl (C=O) groups is 1. The number of pyridine rings is 1. The van der Waals surface area contributed by atoms with Gasteiger partial charge in [0.05, 0.1) is 4.88 Å². The number of hydrogen-bond acceptors (Lipinski definition) is 4. The molecule has 0 aromatic carbocycles. The first kappa shape index (κ1) is 9.02. The van der Waals surface area contributed by atoms with Crippen molar-refractivity contribution in [1.82, 2.24) is 9.97 Å². The molecule has 0 spiro atoms. The number of aromatic nitrogens is 2. The average molecular weight is 204 g/mol. The maximum Gasteiger partial charge on any atom is 0.171 e. The van der Waals surface area contributed by atoms with E-state index in [1.54, 1.807) is 25.5 Å². The highest BCUT2D eigenvalue weighted by atomic mass is 32.1. The SMILES string of the molecule is CC(=O)c1cnc(-c2cccnc2)s1. The van der Waals surface area contributed by atoms with Gasteiger partial charge in [0.2, 0.25) is 0 Å². The third-order valence-corrected chi connectivity index (χ3v) is 2.91. The number of thiazole rings is 1. The van der Waals surface area contributed by atoms with E-state index >= 15 is 0 Å². The molecule has 0 atom stereocenters. The molecule has 14 heavy (non-hydrogen) atoms. The normalized spacial score (nSPS) is 10.1. The minimum atomic E-state index is 0.0534. The molecule has 0 aliphatic heterocycles. The molecule has 0 saturated carbocycles. The van der Waals surface area contributed by atoms with E-state index in [4.69, 9.17) is 0 Å². The molecule has 0 fully saturated rings. The number of Topliss-reactive ketones (excluding diaryl/α,β-unsaturated/α-hetero) is 1. The Morgan fingerprint density at radius 3 is 2.86 bits per heavy atom. The number of ketones is 1. The second kappa shape index (κ2) is 3.67. The summed E-state index contributed by atoms with van der Waals surface area (Å²) in [5.74, 6) is 0.0534. The Morgan fingerprint density at radius 1 is 1.43 bits per heavy atom. The van der Waals surface area contributed by atoms with Gasteiger partial charge >= 0.3 is 0 Å².